The fourth-order valence-electron chi connectivity index (χ4n) is 2.57. The number of aryl methyl sites for hydroxylation is 2. The molecule has 2 aromatic rings. The number of hydrazine groups is 1. The molecule has 1 aromatic heterocycles. The van der Waals surface area contributed by atoms with Gasteiger partial charge in [0.15, 0.2) is 0 Å². The number of hydrogen-bond donors (Lipinski definition) is 4. The number of aromatic amines is 1. The van der Waals surface area contributed by atoms with Crippen LogP contribution in [0.25, 0.3) is 0 Å². The van der Waals surface area contributed by atoms with Gasteiger partial charge < -0.3 is 15.0 Å². The molecule has 27 heavy (non-hydrogen) atoms. The minimum absolute atomic E-state index is 0.000152. The fourth-order valence-corrected chi connectivity index (χ4v) is 2.57. The third kappa shape index (κ3) is 5.10. The second-order valence-electron chi connectivity index (χ2n) is 6.07. The van der Waals surface area contributed by atoms with E-state index in [1.165, 1.54) is 0 Å². The van der Waals surface area contributed by atoms with Crippen molar-refractivity contribution in [3.05, 3.63) is 52.3 Å². The molecule has 2 rings (SSSR count). The van der Waals surface area contributed by atoms with E-state index in [4.69, 9.17) is 4.74 Å². The van der Waals surface area contributed by atoms with Crippen molar-refractivity contribution >= 4 is 23.5 Å². The third-order valence-corrected chi connectivity index (χ3v) is 3.96. The number of benzene rings is 1. The average Bonchev–Trinajstić information content (AvgIpc) is 2.93. The number of nitrogens with one attached hydrogen (secondary N) is 4. The van der Waals surface area contributed by atoms with Gasteiger partial charge in [-0.15, -0.1) is 0 Å². The molecule has 0 saturated heterocycles. The summed E-state index contributed by atoms with van der Waals surface area (Å²) in [5.74, 6) is -1.44. The van der Waals surface area contributed by atoms with Crippen LogP contribution in [-0.2, 0) is 9.53 Å². The number of anilines is 1. The molecule has 0 bridgehead atoms. The molecule has 1 heterocycles. The van der Waals surface area contributed by atoms with Crippen LogP contribution >= 0.6 is 0 Å². The van der Waals surface area contributed by atoms with Gasteiger partial charge in [0.25, 0.3) is 11.8 Å². The molecule has 0 atom stereocenters. The number of esters is 1. The Balaban J connectivity index is 1.91. The molecule has 2 amide bonds. The van der Waals surface area contributed by atoms with E-state index < -0.39 is 17.8 Å². The molecule has 0 aliphatic carbocycles. The van der Waals surface area contributed by atoms with Crippen LogP contribution in [0, 0.1) is 20.8 Å². The summed E-state index contributed by atoms with van der Waals surface area (Å²) in [5, 5.41) is 2.96. The van der Waals surface area contributed by atoms with Gasteiger partial charge in [-0.25, -0.2) is 4.79 Å². The van der Waals surface area contributed by atoms with E-state index in [0.717, 1.165) is 11.3 Å². The molecule has 0 unspecified atom stereocenters. The monoisotopic (exact) mass is 372 g/mol. The summed E-state index contributed by atoms with van der Waals surface area (Å²) in [6.45, 7) is 7.26. The van der Waals surface area contributed by atoms with Crippen molar-refractivity contribution in [2.24, 2.45) is 0 Å². The van der Waals surface area contributed by atoms with Crippen LogP contribution in [-0.4, -0.2) is 35.9 Å². The minimum Gasteiger partial charge on any atom is -0.462 e. The predicted molar refractivity (Wildman–Crippen MR) is 102 cm³/mol. The van der Waals surface area contributed by atoms with E-state index >= 15 is 0 Å². The van der Waals surface area contributed by atoms with Crippen LogP contribution < -0.4 is 16.2 Å². The highest BCUT2D eigenvalue weighted by molar-refractivity contribution is 6.01. The maximum absolute atomic E-state index is 12.3. The smallest absolute Gasteiger partial charge is 0.340 e. The van der Waals surface area contributed by atoms with Gasteiger partial charge in [0.1, 0.15) is 5.69 Å². The lowest BCUT2D eigenvalue weighted by atomic mass is 10.1. The minimum atomic E-state index is -0.546. The maximum atomic E-state index is 12.3. The van der Waals surface area contributed by atoms with E-state index in [1.54, 1.807) is 20.8 Å². The summed E-state index contributed by atoms with van der Waals surface area (Å²) in [4.78, 5) is 39.0. The summed E-state index contributed by atoms with van der Waals surface area (Å²) in [6.07, 6.45) is 0. The van der Waals surface area contributed by atoms with Gasteiger partial charge in [-0.3, -0.25) is 20.4 Å². The van der Waals surface area contributed by atoms with Crippen molar-refractivity contribution in [3.63, 3.8) is 0 Å². The van der Waals surface area contributed by atoms with Gasteiger partial charge in [-0.1, -0.05) is 17.7 Å². The van der Waals surface area contributed by atoms with E-state index in [-0.39, 0.29) is 18.8 Å². The number of H-pyrrole nitrogens is 1. The van der Waals surface area contributed by atoms with Crippen LogP contribution in [0.15, 0.2) is 24.3 Å². The van der Waals surface area contributed by atoms with Crippen LogP contribution in [0.5, 0.6) is 0 Å². The lowest BCUT2D eigenvalue weighted by Gasteiger charge is -2.09. The molecule has 1 aromatic carbocycles. The molecular weight excluding hydrogens is 348 g/mol. The topological polar surface area (TPSA) is 112 Å². The number of ether oxygens (including phenoxy) is 1. The van der Waals surface area contributed by atoms with Gasteiger partial charge in [0, 0.05) is 11.4 Å². The number of amides is 2. The molecular formula is C19H24N4O4. The predicted octanol–water partition coefficient (Wildman–Crippen LogP) is 1.99. The molecule has 0 spiro atoms. The van der Waals surface area contributed by atoms with E-state index in [9.17, 15) is 14.4 Å². The molecule has 8 nitrogen and oxygen atoms in total. The van der Waals surface area contributed by atoms with Gasteiger partial charge >= 0.3 is 5.97 Å². The number of carbonyl (C=O) groups is 3. The van der Waals surface area contributed by atoms with Crippen LogP contribution in [0.2, 0.25) is 0 Å². The zero-order valence-corrected chi connectivity index (χ0v) is 15.9. The Hall–Kier alpha value is -3.29. The van der Waals surface area contributed by atoms with Crippen molar-refractivity contribution in [2.45, 2.75) is 27.7 Å². The SMILES string of the molecule is CCOC(=O)c1c(C)[nH]c(C(=O)NNC(=O)CNc2ccc(C)cc2)c1C. The van der Waals surface area contributed by atoms with E-state index in [0.29, 0.717) is 16.8 Å². The highest BCUT2D eigenvalue weighted by Gasteiger charge is 2.23. The normalized spacial score (nSPS) is 10.2. The second-order valence-corrected chi connectivity index (χ2v) is 6.07. The van der Waals surface area contributed by atoms with Crippen molar-refractivity contribution in [2.75, 3.05) is 18.5 Å². The average molecular weight is 372 g/mol. The largest absolute Gasteiger partial charge is 0.462 e. The van der Waals surface area contributed by atoms with Crippen LogP contribution in [0.3, 0.4) is 0 Å². The summed E-state index contributed by atoms with van der Waals surface area (Å²) in [6, 6.07) is 7.59. The molecule has 0 radical (unpaired) electrons. The quantitative estimate of drug-likeness (QED) is 0.458. The van der Waals surface area contributed by atoms with Crippen molar-refractivity contribution in [1.82, 2.24) is 15.8 Å². The van der Waals surface area contributed by atoms with Crippen molar-refractivity contribution < 1.29 is 19.1 Å². The van der Waals surface area contributed by atoms with Crippen LogP contribution in [0.1, 0.15) is 44.6 Å². The van der Waals surface area contributed by atoms with Gasteiger partial charge in [-0.2, -0.15) is 0 Å². The first-order valence-electron chi connectivity index (χ1n) is 8.59. The van der Waals surface area contributed by atoms with E-state index in [2.05, 4.69) is 21.2 Å². The molecule has 4 N–H and O–H groups in total. The lowest BCUT2D eigenvalue weighted by molar-refractivity contribution is -0.120. The zero-order valence-electron chi connectivity index (χ0n) is 15.9. The number of carbonyl (C=O) groups excluding carboxylic acids is 3. The van der Waals surface area contributed by atoms with Crippen molar-refractivity contribution in [1.29, 1.82) is 0 Å². The number of hydrogen-bond acceptors (Lipinski definition) is 5. The molecule has 0 fully saturated rings. The highest BCUT2D eigenvalue weighted by Crippen LogP contribution is 2.18. The Morgan fingerprint density at radius 2 is 1.70 bits per heavy atom. The Bertz CT molecular complexity index is 840. The Kier molecular flexibility index (Phi) is 6.59. The first-order chi connectivity index (χ1) is 12.8. The Morgan fingerprint density at radius 1 is 1.04 bits per heavy atom. The summed E-state index contributed by atoms with van der Waals surface area (Å²) in [7, 11) is 0. The standard InChI is InChI=1S/C19H24N4O4/c1-5-27-19(26)16-12(3)17(21-13(16)4)18(25)23-22-15(24)10-20-14-8-6-11(2)7-9-14/h6-9,20-21H,5,10H2,1-4H3,(H,22,24)(H,23,25). The number of aromatic nitrogens is 1. The van der Waals surface area contributed by atoms with Gasteiger partial charge in [0.2, 0.25) is 0 Å². The highest BCUT2D eigenvalue weighted by atomic mass is 16.5. The fraction of sp³-hybridized carbons (Fsp3) is 0.316. The molecule has 8 heteroatoms. The summed E-state index contributed by atoms with van der Waals surface area (Å²) in [5.41, 5.74) is 8.12. The van der Waals surface area contributed by atoms with Crippen LogP contribution in [0.4, 0.5) is 5.69 Å². The third-order valence-electron chi connectivity index (χ3n) is 3.96. The molecule has 144 valence electrons. The molecule has 0 aliphatic rings. The zero-order chi connectivity index (χ0) is 20.0. The number of rotatable bonds is 6. The summed E-state index contributed by atoms with van der Waals surface area (Å²) >= 11 is 0. The molecule has 0 saturated carbocycles. The lowest BCUT2D eigenvalue weighted by Crippen LogP contribution is -2.44. The second kappa shape index (κ2) is 8.88. The summed E-state index contributed by atoms with van der Waals surface area (Å²) < 4.78 is 4.99. The Morgan fingerprint density at radius 3 is 2.33 bits per heavy atom. The van der Waals surface area contributed by atoms with Gasteiger partial charge in [-0.05, 0) is 45.4 Å². The maximum Gasteiger partial charge on any atom is 0.340 e. The van der Waals surface area contributed by atoms with Crippen molar-refractivity contribution in [3.8, 4) is 0 Å². The van der Waals surface area contributed by atoms with E-state index in [1.807, 2.05) is 31.2 Å². The first kappa shape index (κ1) is 20.0. The Labute approximate surface area is 157 Å². The molecule has 0 aliphatic heterocycles. The first-order valence-corrected chi connectivity index (χ1v) is 8.59. The van der Waals surface area contributed by atoms with Gasteiger partial charge in [0.05, 0.1) is 18.7 Å².